The molecule has 1 saturated heterocycles. The first-order valence-corrected chi connectivity index (χ1v) is 6.56. The van der Waals surface area contributed by atoms with Crippen LogP contribution in [0.25, 0.3) is 11.3 Å². The van der Waals surface area contributed by atoms with E-state index in [1.54, 1.807) is 11.3 Å². The zero-order valence-corrected chi connectivity index (χ0v) is 10.5. The summed E-state index contributed by atoms with van der Waals surface area (Å²) in [5.74, 6) is 0. The third-order valence-corrected chi connectivity index (χ3v) is 3.58. The summed E-state index contributed by atoms with van der Waals surface area (Å²) in [5, 5.41) is 6.62. The number of aryl methyl sites for hydroxylation is 1. The second-order valence-electron chi connectivity index (χ2n) is 4.21. The minimum absolute atomic E-state index is 0.474. The number of thiazole rings is 1. The molecule has 0 amide bonds. The van der Waals surface area contributed by atoms with Gasteiger partial charge in [-0.25, -0.2) is 4.98 Å². The van der Waals surface area contributed by atoms with Crippen LogP contribution < -0.4 is 5.32 Å². The molecule has 4 heteroatoms. The quantitative estimate of drug-likeness (QED) is 0.904. The number of benzene rings is 1. The van der Waals surface area contributed by atoms with Gasteiger partial charge < -0.3 is 10.1 Å². The highest BCUT2D eigenvalue weighted by atomic mass is 32.1. The summed E-state index contributed by atoms with van der Waals surface area (Å²) in [6.07, 6.45) is 0. The normalized spacial score (nSPS) is 15.6. The Morgan fingerprint density at radius 3 is 2.59 bits per heavy atom. The van der Waals surface area contributed by atoms with Crippen molar-refractivity contribution in [1.29, 1.82) is 0 Å². The van der Waals surface area contributed by atoms with Gasteiger partial charge in [0.15, 0.2) is 0 Å². The van der Waals surface area contributed by atoms with Crippen molar-refractivity contribution in [2.45, 2.75) is 13.0 Å². The topological polar surface area (TPSA) is 34.2 Å². The van der Waals surface area contributed by atoms with Gasteiger partial charge in [-0.05, 0) is 19.1 Å². The molecule has 1 N–H and O–H groups in total. The monoisotopic (exact) mass is 246 g/mol. The lowest BCUT2D eigenvalue weighted by Crippen LogP contribution is -2.40. The van der Waals surface area contributed by atoms with E-state index in [1.165, 1.54) is 5.56 Å². The lowest BCUT2D eigenvalue weighted by molar-refractivity contribution is 0.0211. The fourth-order valence-corrected chi connectivity index (χ4v) is 2.41. The molecule has 2 aromatic rings. The van der Waals surface area contributed by atoms with Gasteiger partial charge >= 0.3 is 0 Å². The van der Waals surface area contributed by atoms with Crippen LogP contribution in [0.5, 0.6) is 0 Å². The van der Waals surface area contributed by atoms with Crippen LogP contribution in [0.15, 0.2) is 29.6 Å². The van der Waals surface area contributed by atoms with Crippen molar-refractivity contribution in [1.82, 2.24) is 4.98 Å². The van der Waals surface area contributed by atoms with E-state index in [-0.39, 0.29) is 0 Å². The molecule has 0 unspecified atom stereocenters. The Labute approximate surface area is 104 Å². The molecule has 0 bridgehead atoms. The maximum Gasteiger partial charge on any atom is 0.0901 e. The highest BCUT2D eigenvalue weighted by Crippen LogP contribution is 2.23. The summed E-state index contributed by atoms with van der Waals surface area (Å²) in [7, 11) is 0. The van der Waals surface area contributed by atoms with Crippen LogP contribution in [0.4, 0.5) is 5.69 Å². The molecule has 0 spiro atoms. The van der Waals surface area contributed by atoms with Crippen molar-refractivity contribution in [2.75, 3.05) is 18.5 Å². The van der Waals surface area contributed by atoms with Gasteiger partial charge in [0, 0.05) is 16.6 Å². The van der Waals surface area contributed by atoms with Crippen LogP contribution in [-0.2, 0) is 4.74 Å². The predicted molar refractivity (Wildman–Crippen MR) is 70.5 cm³/mol. The second kappa shape index (κ2) is 4.47. The fourth-order valence-electron chi connectivity index (χ4n) is 1.79. The van der Waals surface area contributed by atoms with E-state index in [9.17, 15) is 0 Å². The zero-order chi connectivity index (χ0) is 11.7. The molecule has 0 saturated carbocycles. The van der Waals surface area contributed by atoms with Crippen molar-refractivity contribution in [3.05, 3.63) is 34.7 Å². The molecular weight excluding hydrogens is 232 g/mol. The summed E-state index contributed by atoms with van der Waals surface area (Å²) in [4.78, 5) is 4.48. The Morgan fingerprint density at radius 2 is 2.06 bits per heavy atom. The molecule has 1 fully saturated rings. The predicted octanol–water partition coefficient (Wildman–Crippen LogP) is 2.93. The molecule has 3 rings (SSSR count). The summed E-state index contributed by atoms with van der Waals surface area (Å²) < 4.78 is 5.13. The van der Waals surface area contributed by atoms with Gasteiger partial charge in [-0.15, -0.1) is 11.3 Å². The average Bonchev–Trinajstić information content (AvgIpc) is 2.71. The van der Waals surface area contributed by atoms with E-state index in [2.05, 4.69) is 39.9 Å². The number of hydrogen-bond donors (Lipinski definition) is 1. The lowest BCUT2D eigenvalue weighted by Gasteiger charge is -2.27. The van der Waals surface area contributed by atoms with E-state index in [0.29, 0.717) is 6.04 Å². The van der Waals surface area contributed by atoms with E-state index in [0.717, 1.165) is 29.6 Å². The van der Waals surface area contributed by atoms with E-state index < -0.39 is 0 Å². The maximum atomic E-state index is 5.13. The lowest BCUT2D eigenvalue weighted by atomic mass is 10.1. The number of hydrogen-bond acceptors (Lipinski definition) is 4. The Morgan fingerprint density at radius 1 is 1.29 bits per heavy atom. The first-order chi connectivity index (χ1) is 8.31. The first kappa shape index (κ1) is 10.7. The van der Waals surface area contributed by atoms with Crippen LogP contribution in [0.2, 0.25) is 0 Å². The molecule has 2 heterocycles. The van der Waals surface area contributed by atoms with Crippen molar-refractivity contribution in [3.8, 4) is 11.3 Å². The molecular formula is C13H14N2OS. The molecule has 3 nitrogen and oxygen atoms in total. The van der Waals surface area contributed by atoms with Crippen LogP contribution >= 0.6 is 11.3 Å². The highest BCUT2D eigenvalue weighted by Gasteiger charge is 2.17. The Kier molecular flexibility index (Phi) is 2.82. The number of aromatic nitrogens is 1. The van der Waals surface area contributed by atoms with Crippen LogP contribution in [-0.4, -0.2) is 24.2 Å². The molecule has 17 heavy (non-hydrogen) atoms. The van der Waals surface area contributed by atoms with Crippen LogP contribution in [0.3, 0.4) is 0 Å². The van der Waals surface area contributed by atoms with Crippen molar-refractivity contribution >= 4 is 17.0 Å². The Hall–Kier alpha value is -1.39. The molecule has 1 aliphatic heterocycles. The van der Waals surface area contributed by atoms with Crippen LogP contribution in [0.1, 0.15) is 5.01 Å². The molecule has 0 atom stereocenters. The molecule has 88 valence electrons. The van der Waals surface area contributed by atoms with E-state index in [4.69, 9.17) is 4.74 Å². The van der Waals surface area contributed by atoms with Gasteiger partial charge in [-0.1, -0.05) is 12.1 Å². The van der Waals surface area contributed by atoms with Crippen molar-refractivity contribution in [3.63, 3.8) is 0 Å². The Bertz CT molecular complexity index is 502. The molecule has 1 aromatic heterocycles. The van der Waals surface area contributed by atoms with Gasteiger partial charge in [-0.3, -0.25) is 0 Å². The third-order valence-electron chi connectivity index (χ3n) is 2.81. The number of nitrogens with zero attached hydrogens (tertiary/aromatic N) is 1. The van der Waals surface area contributed by atoms with Gasteiger partial charge in [0.1, 0.15) is 0 Å². The van der Waals surface area contributed by atoms with Gasteiger partial charge in [0.2, 0.25) is 0 Å². The minimum atomic E-state index is 0.474. The highest BCUT2D eigenvalue weighted by molar-refractivity contribution is 7.09. The van der Waals surface area contributed by atoms with Crippen molar-refractivity contribution < 1.29 is 4.74 Å². The zero-order valence-electron chi connectivity index (χ0n) is 9.64. The van der Waals surface area contributed by atoms with Crippen molar-refractivity contribution in [2.24, 2.45) is 0 Å². The van der Waals surface area contributed by atoms with E-state index in [1.807, 2.05) is 6.92 Å². The maximum absolute atomic E-state index is 5.13. The third kappa shape index (κ3) is 2.33. The summed E-state index contributed by atoms with van der Waals surface area (Å²) in [6.45, 7) is 3.65. The molecule has 1 aromatic carbocycles. The summed E-state index contributed by atoms with van der Waals surface area (Å²) in [6, 6.07) is 8.89. The smallest absolute Gasteiger partial charge is 0.0901 e. The van der Waals surface area contributed by atoms with Crippen LogP contribution in [0, 0.1) is 6.92 Å². The second-order valence-corrected chi connectivity index (χ2v) is 5.27. The van der Waals surface area contributed by atoms with E-state index >= 15 is 0 Å². The van der Waals surface area contributed by atoms with Gasteiger partial charge in [-0.2, -0.15) is 0 Å². The molecule has 0 radical (unpaired) electrons. The molecule has 1 aliphatic rings. The Balaban J connectivity index is 1.75. The SMILES string of the molecule is Cc1nc(-c2ccc(NC3COC3)cc2)cs1. The van der Waals surface area contributed by atoms with Gasteiger partial charge in [0.05, 0.1) is 30.0 Å². The van der Waals surface area contributed by atoms with Gasteiger partial charge in [0.25, 0.3) is 0 Å². The summed E-state index contributed by atoms with van der Waals surface area (Å²) >= 11 is 1.68. The largest absolute Gasteiger partial charge is 0.378 e. The minimum Gasteiger partial charge on any atom is -0.378 e. The number of nitrogens with one attached hydrogen (secondary N) is 1. The standard InChI is InChI=1S/C13H14N2OS/c1-9-14-13(8-17-9)10-2-4-11(5-3-10)15-12-6-16-7-12/h2-5,8,12,15H,6-7H2,1H3. The number of anilines is 1. The number of ether oxygens (including phenoxy) is 1. The average molecular weight is 246 g/mol. The molecule has 0 aliphatic carbocycles. The first-order valence-electron chi connectivity index (χ1n) is 5.68. The number of rotatable bonds is 3. The summed E-state index contributed by atoms with van der Waals surface area (Å²) in [5.41, 5.74) is 3.38. The fraction of sp³-hybridized carbons (Fsp3) is 0.308.